The van der Waals surface area contributed by atoms with Crippen molar-refractivity contribution in [1.82, 2.24) is 0 Å². The fourth-order valence-corrected chi connectivity index (χ4v) is 2.03. The predicted molar refractivity (Wildman–Crippen MR) is 56.8 cm³/mol. The van der Waals surface area contributed by atoms with Crippen molar-refractivity contribution < 1.29 is 17.6 Å². The molecule has 1 aromatic carbocycles. The van der Waals surface area contributed by atoms with Gasteiger partial charge in [0.05, 0.1) is 0 Å². The highest BCUT2D eigenvalue weighted by molar-refractivity contribution is 5.58. The molecule has 2 rings (SSSR count). The standard InChI is InChI=1S/C11H12F4N2/c12-6-8(14)11(9(15)7(13)10(6)16)17-4-2-1-3-5-17/h1-5,16H2. The molecule has 1 aliphatic rings. The van der Waals surface area contributed by atoms with E-state index in [-0.39, 0.29) is 0 Å². The smallest absolute Gasteiger partial charge is 0.187 e. The zero-order valence-electron chi connectivity index (χ0n) is 9.07. The Morgan fingerprint density at radius 1 is 0.765 bits per heavy atom. The summed E-state index contributed by atoms with van der Waals surface area (Å²) in [7, 11) is 0. The molecule has 6 heteroatoms. The van der Waals surface area contributed by atoms with Gasteiger partial charge in [-0.05, 0) is 19.3 Å². The van der Waals surface area contributed by atoms with Crippen molar-refractivity contribution in [2.24, 2.45) is 0 Å². The Kier molecular flexibility index (Phi) is 3.13. The van der Waals surface area contributed by atoms with Crippen molar-refractivity contribution in [3.8, 4) is 0 Å². The van der Waals surface area contributed by atoms with Crippen molar-refractivity contribution >= 4 is 11.4 Å². The van der Waals surface area contributed by atoms with E-state index in [1.54, 1.807) is 0 Å². The van der Waals surface area contributed by atoms with E-state index in [4.69, 9.17) is 5.73 Å². The Balaban J connectivity index is 2.52. The van der Waals surface area contributed by atoms with Crippen LogP contribution in [-0.2, 0) is 0 Å². The van der Waals surface area contributed by atoms with Gasteiger partial charge in [0.15, 0.2) is 23.3 Å². The first-order chi connectivity index (χ1) is 8.04. The Labute approximate surface area is 96.0 Å². The molecule has 2 N–H and O–H groups in total. The van der Waals surface area contributed by atoms with Crippen molar-refractivity contribution in [3.63, 3.8) is 0 Å². The summed E-state index contributed by atoms with van der Waals surface area (Å²) < 4.78 is 53.7. The molecule has 0 atom stereocenters. The van der Waals surface area contributed by atoms with E-state index >= 15 is 0 Å². The molecule has 1 aliphatic heterocycles. The van der Waals surface area contributed by atoms with E-state index in [1.165, 1.54) is 4.90 Å². The molecule has 1 aromatic rings. The van der Waals surface area contributed by atoms with Crippen LogP contribution in [0.25, 0.3) is 0 Å². The lowest BCUT2D eigenvalue weighted by atomic mass is 10.1. The minimum atomic E-state index is -1.52. The number of anilines is 2. The highest BCUT2D eigenvalue weighted by atomic mass is 19.2. The first-order valence-corrected chi connectivity index (χ1v) is 5.40. The van der Waals surface area contributed by atoms with Crippen LogP contribution in [0.5, 0.6) is 0 Å². The summed E-state index contributed by atoms with van der Waals surface area (Å²) in [5.41, 5.74) is 3.18. The number of hydrogen-bond donors (Lipinski definition) is 1. The predicted octanol–water partition coefficient (Wildman–Crippen LogP) is 2.82. The lowest BCUT2D eigenvalue weighted by Gasteiger charge is -2.29. The molecule has 1 fully saturated rings. The second-order valence-electron chi connectivity index (χ2n) is 4.07. The van der Waals surface area contributed by atoms with E-state index in [2.05, 4.69) is 0 Å². The van der Waals surface area contributed by atoms with E-state index < -0.39 is 34.6 Å². The summed E-state index contributed by atoms with van der Waals surface area (Å²) in [4.78, 5) is 1.32. The van der Waals surface area contributed by atoms with Crippen molar-refractivity contribution in [2.75, 3.05) is 23.7 Å². The van der Waals surface area contributed by atoms with Gasteiger partial charge in [0.25, 0.3) is 0 Å². The molecule has 0 bridgehead atoms. The average molecular weight is 248 g/mol. The largest absolute Gasteiger partial charge is 0.394 e. The third-order valence-corrected chi connectivity index (χ3v) is 2.95. The van der Waals surface area contributed by atoms with Gasteiger partial charge in [-0.15, -0.1) is 0 Å². The fraction of sp³-hybridized carbons (Fsp3) is 0.455. The normalized spacial score (nSPS) is 16.4. The minimum absolute atomic E-state index is 0.386. The van der Waals surface area contributed by atoms with E-state index in [9.17, 15) is 17.6 Å². The topological polar surface area (TPSA) is 29.3 Å². The Morgan fingerprint density at radius 2 is 1.24 bits per heavy atom. The number of halogens is 4. The van der Waals surface area contributed by atoms with Crippen LogP contribution in [0, 0.1) is 23.3 Å². The molecule has 0 unspecified atom stereocenters. The molecule has 1 saturated heterocycles. The van der Waals surface area contributed by atoms with Crippen LogP contribution < -0.4 is 10.6 Å². The van der Waals surface area contributed by atoms with Crippen molar-refractivity contribution in [2.45, 2.75) is 19.3 Å². The molecule has 17 heavy (non-hydrogen) atoms. The van der Waals surface area contributed by atoms with E-state index in [1.807, 2.05) is 0 Å². The molecule has 0 spiro atoms. The van der Waals surface area contributed by atoms with Crippen LogP contribution in [0.3, 0.4) is 0 Å². The van der Waals surface area contributed by atoms with Crippen LogP contribution in [0.4, 0.5) is 28.9 Å². The Morgan fingerprint density at radius 3 is 1.71 bits per heavy atom. The second-order valence-corrected chi connectivity index (χ2v) is 4.07. The minimum Gasteiger partial charge on any atom is -0.394 e. The van der Waals surface area contributed by atoms with Crippen LogP contribution in [0.15, 0.2) is 0 Å². The summed E-state index contributed by atoms with van der Waals surface area (Å²) in [6.07, 6.45) is 2.43. The molecule has 2 nitrogen and oxygen atoms in total. The van der Waals surface area contributed by atoms with E-state index in [0.29, 0.717) is 13.1 Å². The fourth-order valence-electron chi connectivity index (χ4n) is 2.03. The maximum Gasteiger partial charge on any atom is 0.187 e. The van der Waals surface area contributed by atoms with Gasteiger partial charge in [0.1, 0.15) is 11.4 Å². The number of hydrogen-bond acceptors (Lipinski definition) is 2. The quantitative estimate of drug-likeness (QED) is 0.470. The SMILES string of the molecule is Nc1c(F)c(F)c(N2CCCCC2)c(F)c1F. The monoisotopic (exact) mass is 248 g/mol. The number of nitrogens with two attached hydrogens (primary N) is 1. The summed E-state index contributed by atoms with van der Waals surface area (Å²) >= 11 is 0. The summed E-state index contributed by atoms with van der Waals surface area (Å²) in [5.74, 6) is -5.87. The molecule has 0 aromatic heterocycles. The maximum absolute atomic E-state index is 13.6. The van der Waals surface area contributed by atoms with Crippen LogP contribution in [0.1, 0.15) is 19.3 Å². The summed E-state index contributed by atoms with van der Waals surface area (Å²) in [6, 6.07) is 0. The number of nitrogens with zero attached hydrogens (tertiary/aromatic N) is 1. The lowest BCUT2D eigenvalue weighted by Crippen LogP contribution is -2.31. The van der Waals surface area contributed by atoms with Gasteiger partial charge in [-0.1, -0.05) is 0 Å². The molecule has 1 heterocycles. The Bertz CT molecular complexity index is 413. The van der Waals surface area contributed by atoms with Crippen molar-refractivity contribution in [1.29, 1.82) is 0 Å². The van der Waals surface area contributed by atoms with Gasteiger partial charge >= 0.3 is 0 Å². The van der Waals surface area contributed by atoms with Gasteiger partial charge in [-0.3, -0.25) is 0 Å². The van der Waals surface area contributed by atoms with Crippen LogP contribution in [0.2, 0.25) is 0 Å². The molecular formula is C11H12F4N2. The maximum atomic E-state index is 13.6. The second kappa shape index (κ2) is 4.43. The molecule has 0 aliphatic carbocycles. The summed E-state index contributed by atoms with van der Waals surface area (Å²) in [6.45, 7) is 0.771. The number of rotatable bonds is 1. The third-order valence-electron chi connectivity index (χ3n) is 2.95. The van der Waals surface area contributed by atoms with Gasteiger partial charge in [-0.25, -0.2) is 17.6 Å². The number of benzene rings is 1. The third kappa shape index (κ3) is 1.92. The van der Waals surface area contributed by atoms with Gasteiger partial charge in [0.2, 0.25) is 0 Å². The number of piperidine rings is 1. The highest BCUT2D eigenvalue weighted by Crippen LogP contribution is 2.33. The van der Waals surface area contributed by atoms with Gasteiger partial charge < -0.3 is 10.6 Å². The summed E-state index contributed by atoms with van der Waals surface area (Å²) in [5, 5.41) is 0. The first kappa shape index (κ1) is 12.0. The zero-order chi connectivity index (χ0) is 12.6. The lowest BCUT2D eigenvalue weighted by molar-refractivity contribution is 0.450. The molecule has 94 valence electrons. The molecule has 0 saturated carbocycles. The first-order valence-electron chi connectivity index (χ1n) is 5.40. The Hall–Kier alpha value is -1.46. The zero-order valence-corrected chi connectivity index (χ0v) is 9.07. The van der Waals surface area contributed by atoms with E-state index in [0.717, 1.165) is 19.3 Å². The van der Waals surface area contributed by atoms with Crippen LogP contribution >= 0.6 is 0 Å². The van der Waals surface area contributed by atoms with Gasteiger partial charge in [0, 0.05) is 13.1 Å². The molecule has 0 amide bonds. The average Bonchev–Trinajstić information content (AvgIpc) is 2.36. The number of nitrogen functional groups attached to an aromatic ring is 1. The molecule has 0 radical (unpaired) electrons. The molecular weight excluding hydrogens is 236 g/mol. The highest BCUT2D eigenvalue weighted by Gasteiger charge is 2.28. The van der Waals surface area contributed by atoms with Crippen molar-refractivity contribution in [3.05, 3.63) is 23.3 Å². The van der Waals surface area contributed by atoms with Crippen LogP contribution in [-0.4, -0.2) is 13.1 Å². The van der Waals surface area contributed by atoms with Gasteiger partial charge in [-0.2, -0.15) is 0 Å².